The van der Waals surface area contributed by atoms with E-state index in [0.29, 0.717) is 6.54 Å². The fourth-order valence-electron chi connectivity index (χ4n) is 2.78. The van der Waals surface area contributed by atoms with Crippen LogP contribution in [0.15, 0.2) is 24.3 Å². The van der Waals surface area contributed by atoms with Crippen LogP contribution in [0.1, 0.15) is 24.0 Å². The fourth-order valence-corrected chi connectivity index (χ4v) is 2.87. The molecule has 1 atom stereocenters. The molecule has 0 aromatic heterocycles. The number of rotatable bonds is 6. The Morgan fingerprint density at radius 1 is 1.36 bits per heavy atom. The van der Waals surface area contributed by atoms with Crippen molar-refractivity contribution in [2.45, 2.75) is 25.9 Å². The van der Waals surface area contributed by atoms with Gasteiger partial charge in [0.15, 0.2) is 0 Å². The molecule has 6 heteroatoms. The summed E-state index contributed by atoms with van der Waals surface area (Å²) in [7, 11) is 0. The number of nitrogens with zero attached hydrogens (tertiary/aromatic N) is 1. The molecule has 5 nitrogen and oxygen atoms in total. The van der Waals surface area contributed by atoms with Gasteiger partial charge in [0, 0.05) is 19.6 Å². The molecular formula is C16H22ClN3O2. The van der Waals surface area contributed by atoms with E-state index in [1.807, 2.05) is 12.1 Å². The first-order valence-corrected chi connectivity index (χ1v) is 8.04. The summed E-state index contributed by atoms with van der Waals surface area (Å²) >= 11 is 5.46. The first kappa shape index (κ1) is 16.8. The third kappa shape index (κ3) is 5.00. The summed E-state index contributed by atoms with van der Waals surface area (Å²) in [5, 5.41) is 2.76. The van der Waals surface area contributed by atoms with Crippen molar-refractivity contribution in [3.8, 4) is 0 Å². The van der Waals surface area contributed by atoms with E-state index in [-0.39, 0.29) is 23.6 Å². The Morgan fingerprint density at radius 3 is 2.86 bits per heavy atom. The summed E-state index contributed by atoms with van der Waals surface area (Å²) in [6, 6.07) is 8.08. The van der Waals surface area contributed by atoms with Crippen LogP contribution in [0.5, 0.6) is 0 Å². The number of piperidine rings is 1. The lowest BCUT2D eigenvalue weighted by Crippen LogP contribution is -2.40. The molecule has 2 amide bonds. The number of primary amides is 1. The molecule has 1 aromatic carbocycles. The SMILES string of the molecule is NC(=O)C1CCCN(Cc2cccc(CNC(=O)CCl)c2)C1. The molecule has 1 aliphatic rings. The standard InChI is InChI=1S/C16H22ClN3O2/c17-8-15(21)19-9-12-3-1-4-13(7-12)10-20-6-2-5-14(11-20)16(18)22/h1,3-4,7,14H,2,5-6,8-11H2,(H2,18,22)(H,19,21). The third-order valence-electron chi connectivity index (χ3n) is 3.92. The largest absolute Gasteiger partial charge is 0.369 e. The molecule has 1 aliphatic heterocycles. The van der Waals surface area contributed by atoms with Gasteiger partial charge in [0.1, 0.15) is 5.88 Å². The predicted octanol–water partition coefficient (Wildman–Crippen LogP) is 1.24. The summed E-state index contributed by atoms with van der Waals surface area (Å²) in [6.07, 6.45) is 1.88. The van der Waals surface area contributed by atoms with Crippen LogP contribution >= 0.6 is 11.6 Å². The van der Waals surface area contributed by atoms with E-state index >= 15 is 0 Å². The number of nitrogens with two attached hydrogens (primary N) is 1. The zero-order valence-corrected chi connectivity index (χ0v) is 13.3. The molecule has 1 heterocycles. The molecule has 3 N–H and O–H groups in total. The van der Waals surface area contributed by atoms with Crippen molar-refractivity contribution in [1.29, 1.82) is 0 Å². The minimum Gasteiger partial charge on any atom is -0.369 e. The Hall–Kier alpha value is -1.59. The van der Waals surface area contributed by atoms with Gasteiger partial charge in [-0.15, -0.1) is 11.6 Å². The number of carbonyl (C=O) groups excluding carboxylic acids is 2. The summed E-state index contributed by atoms with van der Waals surface area (Å²) in [6.45, 7) is 2.98. The molecule has 1 unspecified atom stereocenters. The Bertz CT molecular complexity index is 536. The Labute approximate surface area is 135 Å². The van der Waals surface area contributed by atoms with Crippen LogP contribution in [0, 0.1) is 5.92 Å². The molecule has 22 heavy (non-hydrogen) atoms. The van der Waals surface area contributed by atoms with E-state index in [1.165, 1.54) is 5.56 Å². The molecule has 1 fully saturated rings. The smallest absolute Gasteiger partial charge is 0.235 e. The first-order chi connectivity index (χ1) is 10.6. The van der Waals surface area contributed by atoms with E-state index in [4.69, 9.17) is 17.3 Å². The second-order valence-electron chi connectivity index (χ2n) is 5.71. The number of hydrogen-bond donors (Lipinski definition) is 2. The Kier molecular flexibility index (Phi) is 6.21. The molecule has 120 valence electrons. The zero-order valence-electron chi connectivity index (χ0n) is 12.6. The van der Waals surface area contributed by atoms with Gasteiger partial charge in [0.2, 0.25) is 11.8 Å². The average molecular weight is 324 g/mol. The summed E-state index contributed by atoms with van der Waals surface area (Å²) in [5.41, 5.74) is 7.62. The van der Waals surface area contributed by atoms with Gasteiger partial charge >= 0.3 is 0 Å². The zero-order chi connectivity index (χ0) is 15.9. The van der Waals surface area contributed by atoms with Gasteiger partial charge in [-0.25, -0.2) is 0 Å². The van der Waals surface area contributed by atoms with Gasteiger partial charge in [-0.05, 0) is 30.5 Å². The van der Waals surface area contributed by atoms with Crippen molar-refractivity contribution < 1.29 is 9.59 Å². The summed E-state index contributed by atoms with van der Waals surface area (Å²) < 4.78 is 0. The van der Waals surface area contributed by atoms with Crippen LogP contribution in [0.3, 0.4) is 0 Å². The molecule has 0 radical (unpaired) electrons. The van der Waals surface area contributed by atoms with Crippen LogP contribution in [0.25, 0.3) is 0 Å². The minimum atomic E-state index is -0.206. The van der Waals surface area contributed by atoms with E-state index in [2.05, 4.69) is 22.3 Å². The maximum atomic E-state index is 11.3. The second-order valence-corrected chi connectivity index (χ2v) is 5.97. The van der Waals surface area contributed by atoms with Gasteiger partial charge in [0.05, 0.1) is 5.92 Å². The highest BCUT2D eigenvalue weighted by atomic mass is 35.5. The highest BCUT2D eigenvalue weighted by Gasteiger charge is 2.23. The van der Waals surface area contributed by atoms with Crippen molar-refractivity contribution in [3.05, 3.63) is 35.4 Å². The molecule has 0 aliphatic carbocycles. The van der Waals surface area contributed by atoms with Crippen molar-refractivity contribution in [2.75, 3.05) is 19.0 Å². The molecule has 1 saturated heterocycles. The van der Waals surface area contributed by atoms with E-state index in [0.717, 1.165) is 38.0 Å². The van der Waals surface area contributed by atoms with Crippen molar-refractivity contribution in [1.82, 2.24) is 10.2 Å². The maximum Gasteiger partial charge on any atom is 0.235 e. The Morgan fingerprint density at radius 2 is 2.14 bits per heavy atom. The molecule has 0 spiro atoms. The highest BCUT2D eigenvalue weighted by Crippen LogP contribution is 2.18. The topological polar surface area (TPSA) is 75.4 Å². The van der Waals surface area contributed by atoms with Crippen LogP contribution < -0.4 is 11.1 Å². The number of likely N-dealkylation sites (tertiary alicyclic amines) is 1. The molecule has 1 aromatic rings. The fraction of sp³-hybridized carbons (Fsp3) is 0.500. The number of alkyl halides is 1. The van der Waals surface area contributed by atoms with Crippen molar-refractivity contribution in [2.24, 2.45) is 11.7 Å². The number of nitrogens with one attached hydrogen (secondary N) is 1. The number of benzene rings is 1. The highest BCUT2D eigenvalue weighted by molar-refractivity contribution is 6.27. The molecule has 0 bridgehead atoms. The van der Waals surface area contributed by atoms with Crippen LogP contribution in [0.4, 0.5) is 0 Å². The lowest BCUT2D eigenvalue weighted by Gasteiger charge is -2.31. The Balaban J connectivity index is 1.92. The van der Waals surface area contributed by atoms with Crippen molar-refractivity contribution in [3.63, 3.8) is 0 Å². The first-order valence-electron chi connectivity index (χ1n) is 7.50. The number of amides is 2. The van der Waals surface area contributed by atoms with Gasteiger partial charge in [-0.1, -0.05) is 24.3 Å². The molecule has 2 rings (SSSR count). The van der Waals surface area contributed by atoms with E-state index < -0.39 is 0 Å². The molecular weight excluding hydrogens is 302 g/mol. The van der Waals surface area contributed by atoms with Crippen LogP contribution in [-0.2, 0) is 22.7 Å². The normalized spacial score (nSPS) is 18.9. The van der Waals surface area contributed by atoms with Crippen LogP contribution in [-0.4, -0.2) is 35.7 Å². The monoisotopic (exact) mass is 323 g/mol. The average Bonchev–Trinajstić information content (AvgIpc) is 2.53. The second kappa shape index (κ2) is 8.15. The summed E-state index contributed by atoms with van der Waals surface area (Å²) in [5.74, 6) is -0.448. The predicted molar refractivity (Wildman–Crippen MR) is 86.2 cm³/mol. The maximum absolute atomic E-state index is 11.3. The van der Waals surface area contributed by atoms with Gasteiger partial charge < -0.3 is 11.1 Å². The minimum absolute atomic E-state index is 0.0258. The van der Waals surface area contributed by atoms with E-state index in [1.54, 1.807) is 0 Å². The van der Waals surface area contributed by atoms with Gasteiger partial charge in [0.25, 0.3) is 0 Å². The van der Waals surface area contributed by atoms with Gasteiger partial charge in [-0.3, -0.25) is 14.5 Å². The van der Waals surface area contributed by atoms with Crippen LogP contribution in [0.2, 0.25) is 0 Å². The lowest BCUT2D eigenvalue weighted by molar-refractivity contribution is -0.123. The van der Waals surface area contributed by atoms with E-state index in [9.17, 15) is 9.59 Å². The van der Waals surface area contributed by atoms with Gasteiger partial charge in [-0.2, -0.15) is 0 Å². The number of hydrogen-bond acceptors (Lipinski definition) is 3. The summed E-state index contributed by atoms with van der Waals surface area (Å²) in [4.78, 5) is 24.8. The van der Waals surface area contributed by atoms with Crippen molar-refractivity contribution >= 4 is 23.4 Å². The number of carbonyl (C=O) groups is 2. The lowest BCUT2D eigenvalue weighted by atomic mass is 9.97. The molecule has 0 saturated carbocycles. The third-order valence-corrected chi connectivity index (χ3v) is 4.16. The number of halogens is 1. The quantitative estimate of drug-likeness (QED) is 0.773.